The SMILES string of the molecule is Cc1c(Cl)cccc1N(CC(=O)NCCCOC(C)C)S(C)(=O)=O. The van der Waals surface area contributed by atoms with E-state index in [-0.39, 0.29) is 18.6 Å². The lowest BCUT2D eigenvalue weighted by Gasteiger charge is -2.24. The van der Waals surface area contributed by atoms with Crippen LogP contribution in [0.5, 0.6) is 0 Å². The molecule has 1 aromatic carbocycles. The molecule has 0 heterocycles. The number of carbonyl (C=O) groups is 1. The van der Waals surface area contributed by atoms with E-state index in [1.54, 1.807) is 25.1 Å². The van der Waals surface area contributed by atoms with Crippen molar-refractivity contribution in [3.8, 4) is 0 Å². The minimum atomic E-state index is -3.61. The zero-order chi connectivity index (χ0) is 18.3. The number of amides is 1. The summed E-state index contributed by atoms with van der Waals surface area (Å²) in [7, 11) is -3.61. The van der Waals surface area contributed by atoms with Gasteiger partial charge in [0.15, 0.2) is 0 Å². The highest BCUT2D eigenvalue weighted by Gasteiger charge is 2.22. The van der Waals surface area contributed by atoms with Crippen molar-refractivity contribution < 1.29 is 17.9 Å². The summed E-state index contributed by atoms with van der Waals surface area (Å²) in [6.07, 6.45) is 1.88. The molecule has 1 amide bonds. The van der Waals surface area contributed by atoms with Gasteiger partial charge in [0.1, 0.15) is 6.54 Å². The van der Waals surface area contributed by atoms with E-state index in [0.29, 0.717) is 35.8 Å². The van der Waals surface area contributed by atoms with Crippen molar-refractivity contribution in [1.29, 1.82) is 0 Å². The van der Waals surface area contributed by atoms with E-state index in [1.807, 2.05) is 13.8 Å². The van der Waals surface area contributed by atoms with Crippen molar-refractivity contribution in [2.45, 2.75) is 33.3 Å². The van der Waals surface area contributed by atoms with Crippen molar-refractivity contribution in [3.63, 3.8) is 0 Å². The minimum absolute atomic E-state index is 0.146. The van der Waals surface area contributed by atoms with Crippen molar-refractivity contribution in [1.82, 2.24) is 5.32 Å². The Balaban J connectivity index is 2.71. The highest BCUT2D eigenvalue weighted by Crippen LogP contribution is 2.27. The molecule has 1 N–H and O–H groups in total. The van der Waals surface area contributed by atoms with Crippen LogP contribution in [0.15, 0.2) is 18.2 Å². The van der Waals surface area contributed by atoms with Gasteiger partial charge in [-0.25, -0.2) is 8.42 Å². The molecule has 0 aliphatic heterocycles. The predicted octanol–water partition coefficient (Wildman–Crippen LogP) is 2.35. The zero-order valence-corrected chi connectivity index (χ0v) is 16.1. The van der Waals surface area contributed by atoms with Gasteiger partial charge >= 0.3 is 0 Å². The Hall–Kier alpha value is -1.31. The molecule has 1 aromatic rings. The van der Waals surface area contributed by atoms with Crippen molar-refractivity contribution in [3.05, 3.63) is 28.8 Å². The monoisotopic (exact) mass is 376 g/mol. The van der Waals surface area contributed by atoms with Gasteiger partial charge in [-0.1, -0.05) is 17.7 Å². The molecule has 0 spiro atoms. The van der Waals surface area contributed by atoms with E-state index in [0.717, 1.165) is 10.6 Å². The lowest BCUT2D eigenvalue weighted by atomic mass is 10.2. The van der Waals surface area contributed by atoms with Crippen molar-refractivity contribution in [2.75, 3.05) is 30.3 Å². The fourth-order valence-electron chi connectivity index (χ4n) is 2.05. The number of nitrogens with zero attached hydrogens (tertiary/aromatic N) is 1. The first-order chi connectivity index (χ1) is 11.1. The second-order valence-corrected chi connectivity index (χ2v) is 8.09. The van der Waals surface area contributed by atoms with Gasteiger partial charge in [-0.2, -0.15) is 0 Å². The third kappa shape index (κ3) is 6.67. The average molecular weight is 377 g/mol. The molecule has 1 rings (SSSR count). The van der Waals surface area contributed by atoms with Gasteiger partial charge < -0.3 is 10.1 Å². The molecular weight excluding hydrogens is 352 g/mol. The molecule has 0 unspecified atom stereocenters. The first-order valence-corrected chi connectivity index (χ1v) is 9.96. The summed E-state index contributed by atoms with van der Waals surface area (Å²) in [4.78, 5) is 12.1. The standard InChI is InChI=1S/C16H25ClN2O4S/c1-12(2)23-10-6-9-18-16(20)11-19(24(4,21)22)15-8-5-7-14(17)13(15)3/h5,7-8,12H,6,9-11H2,1-4H3,(H,18,20). The van der Waals surface area contributed by atoms with Gasteiger partial charge in [-0.15, -0.1) is 0 Å². The summed E-state index contributed by atoms with van der Waals surface area (Å²) in [5.41, 5.74) is 1.02. The maximum Gasteiger partial charge on any atom is 0.240 e. The number of ether oxygens (including phenoxy) is 1. The predicted molar refractivity (Wildman–Crippen MR) is 97.1 cm³/mol. The van der Waals surface area contributed by atoms with Crippen LogP contribution in [0.3, 0.4) is 0 Å². The summed E-state index contributed by atoms with van der Waals surface area (Å²) in [6, 6.07) is 4.96. The van der Waals surface area contributed by atoms with Crippen LogP contribution >= 0.6 is 11.6 Å². The molecule has 0 aromatic heterocycles. The topological polar surface area (TPSA) is 75.7 Å². The molecule has 0 atom stereocenters. The molecule has 24 heavy (non-hydrogen) atoms. The van der Waals surface area contributed by atoms with Gasteiger partial charge in [-0.05, 0) is 44.9 Å². The van der Waals surface area contributed by atoms with Gasteiger partial charge in [-0.3, -0.25) is 9.10 Å². The smallest absolute Gasteiger partial charge is 0.240 e. The minimum Gasteiger partial charge on any atom is -0.379 e. The maximum absolute atomic E-state index is 12.1. The van der Waals surface area contributed by atoms with Crippen LogP contribution in [0, 0.1) is 6.92 Å². The lowest BCUT2D eigenvalue weighted by Crippen LogP contribution is -2.41. The van der Waals surface area contributed by atoms with E-state index >= 15 is 0 Å². The number of carbonyl (C=O) groups excluding carboxylic acids is 1. The molecule has 0 aliphatic carbocycles. The van der Waals surface area contributed by atoms with Crippen LogP contribution in [-0.4, -0.2) is 46.4 Å². The van der Waals surface area contributed by atoms with E-state index in [9.17, 15) is 13.2 Å². The van der Waals surface area contributed by atoms with Crippen molar-refractivity contribution in [2.24, 2.45) is 0 Å². The molecule has 136 valence electrons. The van der Waals surface area contributed by atoms with E-state index < -0.39 is 10.0 Å². The quantitative estimate of drug-likeness (QED) is 0.671. The molecule has 6 nitrogen and oxygen atoms in total. The maximum atomic E-state index is 12.1. The van der Waals surface area contributed by atoms with Crippen LogP contribution in [0.2, 0.25) is 5.02 Å². The highest BCUT2D eigenvalue weighted by atomic mass is 35.5. The fourth-order valence-corrected chi connectivity index (χ4v) is 3.13. The number of anilines is 1. The van der Waals surface area contributed by atoms with Crippen LogP contribution in [0.1, 0.15) is 25.8 Å². The van der Waals surface area contributed by atoms with E-state index in [2.05, 4.69) is 5.32 Å². The molecule has 0 aliphatic rings. The summed E-state index contributed by atoms with van der Waals surface area (Å²) < 4.78 is 30.6. The molecule has 0 saturated heterocycles. The second kappa shape index (κ2) is 9.25. The number of hydrogen-bond acceptors (Lipinski definition) is 4. The number of rotatable bonds is 9. The van der Waals surface area contributed by atoms with Gasteiger partial charge in [0, 0.05) is 18.2 Å². The Labute approximate surface area is 149 Å². The summed E-state index contributed by atoms with van der Waals surface area (Å²) in [5.74, 6) is -0.371. The molecular formula is C16H25ClN2O4S. The zero-order valence-electron chi connectivity index (χ0n) is 14.5. The Morgan fingerprint density at radius 1 is 1.38 bits per heavy atom. The molecule has 0 bridgehead atoms. The van der Waals surface area contributed by atoms with Crippen LogP contribution < -0.4 is 9.62 Å². The van der Waals surface area contributed by atoms with Gasteiger partial charge in [0.2, 0.25) is 15.9 Å². The van der Waals surface area contributed by atoms with Crippen LogP contribution in [0.25, 0.3) is 0 Å². The van der Waals surface area contributed by atoms with E-state index in [1.165, 1.54) is 0 Å². The number of nitrogens with one attached hydrogen (secondary N) is 1. The third-order valence-corrected chi connectivity index (χ3v) is 4.83. The first kappa shape index (κ1) is 20.7. The number of benzene rings is 1. The Morgan fingerprint density at radius 2 is 2.04 bits per heavy atom. The molecule has 0 fully saturated rings. The second-order valence-electron chi connectivity index (χ2n) is 5.78. The summed E-state index contributed by atoms with van der Waals surface area (Å²) >= 11 is 6.05. The fraction of sp³-hybridized carbons (Fsp3) is 0.562. The molecule has 0 radical (unpaired) electrons. The lowest BCUT2D eigenvalue weighted by molar-refractivity contribution is -0.119. The summed E-state index contributed by atoms with van der Waals surface area (Å²) in [5, 5.41) is 3.16. The summed E-state index contributed by atoms with van der Waals surface area (Å²) in [6.45, 7) is 6.28. The number of sulfonamides is 1. The number of halogens is 1. The Morgan fingerprint density at radius 3 is 2.62 bits per heavy atom. The van der Waals surface area contributed by atoms with Gasteiger partial charge in [0.05, 0.1) is 18.0 Å². The third-order valence-electron chi connectivity index (χ3n) is 3.29. The van der Waals surface area contributed by atoms with Crippen LogP contribution in [-0.2, 0) is 19.6 Å². The largest absolute Gasteiger partial charge is 0.379 e. The Kier molecular flexibility index (Phi) is 7.99. The van der Waals surface area contributed by atoms with Crippen LogP contribution in [0.4, 0.5) is 5.69 Å². The Bertz CT molecular complexity index is 662. The van der Waals surface area contributed by atoms with Gasteiger partial charge in [0.25, 0.3) is 0 Å². The first-order valence-electron chi connectivity index (χ1n) is 7.74. The van der Waals surface area contributed by atoms with E-state index in [4.69, 9.17) is 16.3 Å². The number of hydrogen-bond donors (Lipinski definition) is 1. The molecule has 0 saturated carbocycles. The normalized spacial score (nSPS) is 11.6. The average Bonchev–Trinajstić information content (AvgIpc) is 2.46. The van der Waals surface area contributed by atoms with Crippen molar-refractivity contribution >= 4 is 33.2 Å². The molecule has 8 heteroatoms. The highest BCUT2D eigenvalue weighted by molar-refractivity contribution is 7.92.